The molecule has 0 aliphatic heterocycles. The average molecular weight is 354 g/mol. The van der Waals surface area contributed by atoms with Crippen LogP contribution in [0.5, 0.6) is 0 Å². The minimum absolute atomic E-state index is 0.569. The summed E-state index contributed by atoms with van der Waals surface area (Å²) in [6, 6.07) is 19.0. The van der Waals surface area contributed by atoms with E-state index in [1.54, 1.807) is 6.07 Å². The van der Waals surface area contributed by atoms with Gasteiger partial charge in [-0.15, -0.1) is 0 Å². The minimum Gasteiger partial charge on any atom is -0.397 e. The third-order valence-electron chi connectivity index (χ3n) is 3.81. The second-order valence-electron chi connectivity index (χ2n) is 5.58. The van der Waals surface area contributed by atoms with Gasteiger partial charge in [0.1, 0.15) is 0 Å². The lowest BCUT2D eigenvalue weighted by Gasteiger charge is -2.17. The van der Waals surface area contributed by atoms with Gasteiger partial charge >= 0.3 is 0 Å². The van der Waals surface area contributed by atoms with Gasteiger partial charge in [-0.25, -0.2) is 0 Å². The van der Waals surface area contributed by atoms with Gasteiger partial charge in [0.05, 0.1) is 34.1 Å². The van der Waals surface area contributed by atoms with Crippen LogP contribution in [0.4, 0.5) is 39.8 Å². The molecule has 0 spiro atoms. The van der Waals surface area contributed by atoms with Crippen LogP contribution in [0.15, 0.2) is 60.7 Å². The Morgan fingerprint density at radius 3 is 1.96 bits per heavy atom. The Kier molecular flexibility index (Phi) is 4.86. The first kappa shape index (κ1) is 16.8. The van der Waals surface area contributed by atoms with E-state index in [0.29, 0.717) is 16.4 Å². The topological polar surface area (TPSA) is 88.1 Å². The Balaban J connectivity index is 1.91. The molecule has 3 rings (SSSR count). The summed E-state index contributed by atoms with van der Waals surface area (Å²) in [5.41, 5.74) is 17.7. The summed E-state index contributed by atoms with van der Waals surface area (Å²) in [7, 11) is 1.88. The Labute approximate surface area is 152 Å². The lowest BCUT2D eigenvalue weighted by Crippen LogP contribution is -2.03. The molecule has 0 saturated carbocycles. The van der Waals surface area contributed by atoms with E-state index in [1.807, 2.05) is 61.6 Å². The van der Waals surface area contributed by atoms with Gasteiger partial charge in [-0.3, -0.25) is 0 Å². The van der Waals surface area contributed by atoms with Gasteiger partial charge in [-0.1, -0.05) is 23.7 Å². The van der Waals surface area contributed by atoms with Crippen molar-refractivity contribution in [2.24, 2.45) is 0 Å². The molecule has 128 valence electrons. The molecule has 7 N–H and O–H groups in total. The van der Waals surface area contributed by atoms with Gasteiger partial charge < -0.3 is 27.4 Å². The summed E-state index contributed by atoms with van der Waals surface area (Å²) < 4.78 is 0. The van der Waals surface area contributed by atoms with Gasteiger partial charge in [-0.05, 0) is 48.5 Å². The molecule has 0 aliphatic carbocycles. The smallest absolute Gasteiger partial charge is 0.0640 e. The predicted molar refractivity (Wildman–Crippen MR) is 109 cm³/mol. The largest absolute Gasteiger partial charge is 0.397 e. The molecule has 0 heterocycles. The first-order valence-electron chi connectivity index (χ1n) is 7.82. The second-order valence-corrected chi connectivity index (χ2v) is 6.02. The van der Waals surface area contributed by atoms with Crippen molar-refractivity contribution in [1.82, 2.24) is 0 Å². The standard InChI is InChI=1S/C19H20ClN5/c1-23-16-4-2-3-5-17(16)25-19-11-18(14(21)10-15(19)22)24-13-8-6-12(20)7-9-13/h2-11,23-25H,21-22H2,1H3. The summed E-state index contributed by atoms with van der Waals surface area (Å²) in [5, 5.41) is 10.5. The van der Waals surface area contributed by atoms with Crippen LogP contribution in [0.1, 0.15) is 0 Å². The van der Waals surface area contributed by atoms with Crippen LogP contribution in [0.3, 0.4) is 0 Å². The SMILES string of the molecule is CNc1ccccc1Nc1cc(Nc2ccc(Cl)cc2)c(N)cc1N. The molecule has 0 saturated heterocycles. The fourth-order valence-corrected chi connectivity index (χ4v) is 2.62. The highest BCUT2D eigenvalue weighted by molar-refractivity contribution is 6.30. The zero-order chi connectivity index (χ0) is 17.8. The van der Waals surface area contributed by atoms with Crippen molar-refractivity contribution < 1.29 is 0 Å². The molecule has 0 bridgehead atoms. The van der Waals surface area contributed by atoms with E-state index in [-0.39, 0.29) is 0 Å². The van der Waals surface area contributed by atoms with Crippen LogP contribution < -0.4 is 27.4 Å². The van der Waals surface area contributed by atoms with Crippen LogP contribution >= 0.6 is 11.6 Å². The van der Waals surface area contributed by atoms with Crippen molar-refractivity contribution in [2.45, 2.75) is 0 Å². The normalized spacial score (nSPS) is 10.3. The van der Waals surface area contributed by atoms with Crippen LogP contribution in [0, 0.1) is 0 Å². The molecule has 0 radical (unpaired) electrons. The number of halogens is 1. The molecule has 3 aromatic carbocycles. The Morgan fingerprint density at radius 1 is 0.720 bits per heavy atom. The van der Waals surface area contributed by atoms with Crippen molar-refractivity contribution in [1.29, 1.82) is 0 Å². The van der Waals surface area contributed by atoms with E-state index in [4.69, 9.17) is 23.1 Å². The van der Waals surface area contributed by atoms with Crippen molar-refractivity contribution in [3.05, 3.63) is 65.7 Å². The molecule has 0 atom stereocenters. The van der Waals surface area contributed by atoms with E-state index in [0.717, 1.165) is 28.4 Å². The maximum Gasteiger partial charge on any atom is 0.0640 e. The van der Waals surface area contributed by atoms with E-state index in [9.17, 15) is 0 Å². The number of benzene rings is 3. The molecule has 0 amide bonds. The molecule has 0 aromatic heterocycles. The third-order valence-corrected chi connectivity index (χ3v) is 4.06. The van der Waals surface area contributed by atoms with Gasteiger partial charge in [-0.2, -0.15) is 0 Å². The number of nitrogens with one attached hydrogen (secondary N) is 3. The highest BCUT2D eigenvalue weighted by Gasteiger charge is 2.08. The number of anilines is 7. The zero-order valence-corrected chi connectivity index (χ0v) is 14.6. The van der Waals surface area contributed by atoms with E-state index in [1.165, 1.54) is 0 Å². The third kappa shape index (κ3) is 3.89. The molecular formula is C19H20ClN5. The zero-order valence-electron chi connectivity index (χ0n) is 13.8. The van der Waals surface area contributed by atoms with Crippen LogP contribution in [-0.2, 0) is 0 Å². The lowest BCUT2D eigenvalue weighted by atomic mass is 10.1. The summed E-state index contributed by atoms with van der Waals surface area (Å²) in [4.78, 5) is 0. The van der Waals surface area contributed by atoms with E-state index >= 15 is 0 Å². The lowest BCUT2D eigenvalue weighted by molar-refractivity contribution is 1.47. The molecule has 3 aromatic rings. The molecule has 5 nitrogen and oxygen atoms in total. The van der Waals surface area contributed by atoms with Crippen molar-refractivity contribution in [2.75, 3.05) is 34.5 Å². The number of para-hydroxylation sites is 2. The highest BCUT2D eigenvalue weighted by Crippen LogP contribution is 2.35. The number of hydrogen-bond acceptors (Lipinski definition) is 5. The molecule has 0 aliphatic rings. The number of hydrogen-bond donors (Lipinski definition) is 5. The highest BCUT2D eigenvalue weighted by atomic mass is 35.5. The maximum atomic E-state index is 6.13. The summed E-state index contributed by atoms with van der Waals surface area (Å²) in [6.45, 7) is 0. The van der Waals surface area contributed by atoms with Gasteiger partial charge in [0, 0.05) is 17.8 Å². The Hall–Kier alpha value is -3.05. The minimum atomic E-state index is 0.569. The Morgan fingerprint density at radius 2 is 1.32 bits per heavy atom. The van der Waals surface area contributed by atoms with Crippen LogP contribution in [0.25, 0.3) is 0 Å². The second kappa shape index (κ2) is 7.23. The molecule has 0 fully saturated rings. The van der Waals surface area contributed by atoms with E-state index < -0.39 is 0 Å². The van der Waals surface area contributed by atoms with Crippen LogP contribution in [-0.4, -0.2) is 7.05 Å². The van der Waals surface area contributed by atoms with E-state index in [2.05, 4.69) is 16.0 Å². The fraction of sp³-hybridized carbons (Fsp3) is 0.0526. The summed E-state index contributed by atoms with van der Waals surface area (Å²) in [5.74, 6) is 0. The molecule has 6 heteroatoms. The first-order chi connectivity index (χ1) is 12.1. The summed E-state index contributed by atoms with van der Waals surface area (Å²) in [6.07, 6.45) is 0. The van der Waals surface area contributed by atoms with Crippen molar-refractivity contribution >= 4 is 51.4 Å². The van der Waals surface area contributed by atoms with Crippen LogP contribution in [0.2, 0.25) is 5.02 Å². The van der Waals surface area contributed by atoms with Gasteiger partial charge in [0.2, 0.25) is 0 Å². The van der Waals surface area contributed by atoms with Gasteiger partial charge in [0.15, 0.2) is 0 Å². The number of rotatable bonds is 5. The average Bonchev–Trinajstić information content (AvgIpc) is 2.61. The number of nitrogen functional groups attached to an aromatic ring is 2. The molecule has 25 heavy (non-hydrogen) atoms. The monoisotopic (exact) mass is 353 g/mol. The first-order valence-corrected chi connectivity index (χ1v) is 8.20. The summed E-state index contributed by atoms with van der Waals surface area (Å²) >= 11 is 5.93. The number of nitrogens with two attached hydrogens (primary N) is 2. The maximum absolute atomic E-state index is 6.13. The quantitative estimate of drug-likeness (QED) is 0.415. The Bertz CT molecular complexity index is 877. The van der Waals surface area contributed by atoms with Crippen molar-refractivity contribution in [3.8, 4) is 0 Å². The predicted octanol–water partition coefficient (Wildman–Crippen LogP) is 5.03. The molecule has 0 unspecified atom stereocenters. The molecular weight excluding hydrogens is 334 g/mol. The van der Waals surface area contributed by atoms with Gasteiger partial charge in [0.25, 0.3) is 0 Å². The van der Waals surface area contributed by atoms with Crippen molar-refractivity contribution in [3.63, 3.8) is 0 Å². The fourth-order valence-electron chi connectivity index (χ4n) is 2.49.